The van der Waals surface area contributed by atoms with Crippen LogP contribution in [0.15, 0.2) is 48.5 Å². The quantitative estimate of drug-likeness (QED) is 0.230. The van der Waals surface area contributed by atoms with E-state index in [0.29, 0.717) is 34.6 Å². The van der Waals surface area contributed by atoms with Gasteiger partial charge in [-0.05, 0) is 49.2 Å². The van der Waals surface area contributed by atoms with E-state index in [4.69, 9.17) is 0 Å². The SMILES string of the molecule is CN1C(=O)[C@@]23CC4([C@]56C[C@@]78SS[C@](C)(C(=O)N7[C@H]5N(S(=O)(=O)CC[Si](C)(C)C)c5ccccc56)N(C)C8=O)c5ccccc5N(S(=O)(=O)CC[Si](C)(C)C)[C@@H]4N2C(=O)[C@@]1(C)SS3. The monoisotopic (exact) mass is 992 g/mol. The molecule has 2 aromatic rings. The molecule has 334 valence electrons. The summed E-state index contributed by atoms with van der Waals surface area (Å²) in [6.07, 6.45) is -2.93. The van der Waals surface area contributed by atoms with Gasteiger partial charge in [0.2, 0.25) is 20.0 Å². The predicted molar refractivity (Wildman–Crippen MR) is 254 cm³/mol. The van der Waals surface area contributed by atoms with Crippen LogP contribution in [-0.2, 0) is 50.1 Å². The molecule has 1 unspecified atom stereocenters. The van der Waals surface area contributed by atoms with E-state index in [1.807, 2.05) is 24.3 Å². The van der Waals surface area contributed by atoms with Crippen molar-refractivity contribution in [3.05, 3.63) is 59.7 Å². The van der Waals surface area contributed by atoms with Crippen LogP contribution in [0, 0.1) is 0 Å². The van der Waals surface area contributed by atoms with Gasteiger partial charge >= 0.3 is 0 Å². The molecule has 0 radical (unpaired) electrons. The maximum absolute atomic E-state index is 15.5. The average Bonchev–Trinajstić information content (AvgIpc) is 3.87. The Morgan fingerprint density at radius 2 is 0.903 bits per heavy atom. The summed E-state index contributed by atoms with van der Waals surface area (Å²) in [5.74, 6) is -1.98. The van der Waals surface area contributed by atoms with Gasteiger partial charge in [-0.2, -0.15) is 0 Å². The fraction of sp³-hybridized carbons (Fsp3) is 0.600. The Labute approximate surface area is 381 Å². The van der Waals surface area contributed by atoms with Gasteiger partial charge in [0.1, 0.15) is 12.3 Å². The van der Waals surface area contributed by atoms with Gasteiger partial charge in [0.15, 0.2) is 19.5 Å². The average molecular weight is 993 g/mol. The third-order valence-corrected chi connectivity index (χ3v) is 30.0. The number of carbonyl (C=O) groups is 4. The number of fused-ring (bicyclic) bond motifs is 11. The molecule has 14 nitrogen and oxygen atoms in total. The largest absolute Gasteiger partial charge is 0.319 e. The highest BCUT2D eigenvalue weighted by atomic mass is 33.1. The second kappa shape index (κ2) is 12.8. The zero-order chi connectivity index (χ0) is 45.0. The zero-order valence-electron chi connectivity index (χ0n) is 36.4. The molecule has 0 N–H and O–H groups in total. The molecule has 0 aromatic heterocycles. The third kappa shape index (κ3) is 4.99. The first kappa shape index (κ1) is 43.5. The summed E-state index contributed by atoms with van der Waals surface area (Å²) in [5.41, 5.74) is -1.41. The van der Waals surface area contributed by atoms with Gasteiger partial charge < -0.3 is 9.80 Å². The van der Waals surface area contributed by atoms with E-state index < -0.39 is 90.7 Å². The maximum Gasteiger partial charge on any atom is 0.262 e. The Morgan fingerprint density at radius 3 is 1.24 bits per heavy atom. The van der Waals surface area contributed by atoms with Crippen LogP contribution in [0.25, 0.3) is 0 Å². The lowest BCUT2D eigenvalue weighted by Crippen LogP contribution is -2.76. The van der Waals surface area contributed by atoms with Crippen LogP contribution in [0.1, 0.15) is 37.8 Å². The standard InChI is InChI=1S/C40H52N6O8S6Si2/c1-35-31(47)43-29-37(23-39(43,57-55-35)33(49)41(35)3,25-15-11-13-17-27(25)45(29)59(51,52)19-21-61(5,6)7)38-24-40-34(50)42(4)36(2,56-58-40)32(48)44(40)30(38)46(28-18-14-12-16-26(28)38)60(53,54)20-22-62(8,9)10/h11-18,29-30H,19-24H2,1-10H3/t29-,30-,35+,36+,37-,38?,39-,40-/m0/s1. The fourth-order valence-corrected chi connectivity index (χ4v) is 28.0. The molecule has 0 aliphatic carbocycles. The second-order valence-electron chi connectivity index (χ2n) is 20.9. The Bertz CT molecular complexity index is 2490. The minimum atomic E-state index is -4.29. The van der Waals surface area contributed by atoms with Crippen LogP contribution in [0.4, 0.5) is 11.4 Å². The number of hydrogen-bond acceptors (Lipinski definition) is 12. The number of nitrogens with zero attached hydrogens (tertiary/aromatic N) is 6. The van der Waals surface area contributed by atoms with Gasteiger partial charge in [-0.15, -0.1) is 0 Å². The summed E-state index contributed by atoms with van der Waals surface area (Å²) in [6.45, 7) is 16.0. The Balaban J connectivity index is 1.35. The molecule has 8 saturated heterocycles. The smallest absolute Gasteiger partial charge is 0.262 e. The summed E-state index contributed by atoms with van der Waals surface area (Å²) in [7, 11) is -4.26. The van der Waals surface area contributed by atoms with Gasteiger partial charge in [-0.3, -0.25) is 29.0 Å². The minimum Gasteiger partial charge on any atom is -0.319 e. The molecule has 8 atom stereocenters. The van der Waals surface area contributed by atoms with Crippen molar-refractivity contribution in [3.8, 4) is 0 Å². The van der Waals surface area contributed by atoms with Crippen molar-refractivity contribution in [1.82, 2.24) is 19.6 Å². The topological polar surface area (TPSA) is 156 Å². The summed E-state index contributed by atoms with van der Waals surface area (Å²) >= 11 is 0. The van der Waals surface area contributed by atoms with Gasteiger partial charge in [0.25, 0.3) is 23.6 Å². The van der Waals surface area contributed by atoms with Gasteiger partial charge in [0.05, 0.1) is 33.7 Å². The summed E-state index contributed by atoms with van der Waals surface area (Å²) in [5, 5.41) is 0. The second-order valence-corrected chi connectivity index (χ2v) is 41.7. The van der Waals surface area contributed by atoms with E-state index in [1.165, 1.54) is 71.4 Å². The van der Waals surface area contributed by atoms with Gasteiger partial charge in [0, 0.05) is 43.1 Å². The molecule has 62 heavy (non-hydrogen) atoms. The summed E-state index contributed by atoms with van der Waals surface area (Å²) in [6, 6.07) is 15.2. The number of carbonyl (C=O) groups excluding carboxylic acids is 4. The molecule has 10 aliphatic heterocycles. The van der Waals surface area contributed by atoms with E-state index in [1.54, 1.807) is 52.2 Å². The van der Waals surface area contributed by atoms with Crippen LogP contribution in [-0.4, -0.2) is 134 Å². The lowest BCUT2D eigenvalue weighted by atomic mass is 9.54. The van der Waals surface area contributed by atoms with Crippen molar-refractivity contribution in [3.63, 3.8) is 0 Å². The van der Waals surface area contributed by atoms with Crippen molar-refractivity contribution >= 4 is 114 Å². The molecule has 4 amide bonds. The molecule has 10 aliphatic rings. The van der Waals surface area contributed by atoms with Crippen molar-refractivity contribution < 1.29 is 36.0 Å². The molecule has 10 heterocycles. The highest BCUT2D eigenvalue weighted by Gasteiger charge is 2.89. The Kier molecular flexibility index (Phi) is 8.95. The molecule has 12 rings (SSSR count). The van der Waals surface area contributed by atoms with E-state index in [2.05, 4.69) is 39.3 Å². The van der Waals surface area contributed by atoms with Crippen molar-refractivity contribution in [2.75, 3.05) is 34.2 Å². The van der Waals surface area contributed by atoms with Crippen LogP contribution >= 0.6 is 43.2 Å². The summed E-state index contributed by atoms with van der Waals surface area (Å²) in [4.78, 5) is 61.5. The number of rotatable bonds is 9. The molecule has 2 aromatic carbocycles. The number of likely N-dealkylation sites (N-methyl/N-ethyl adjacent to an activating group) is 2. The summed E-state index contributed by atoms with van der Waals surface area (Å²) < 4.78 is 64.9. The number of para-hydroxylation sites is 2. The first-order valence-corrected chi connectivity index (χ1v) is 35.8. The highest BCUT2D eigenvalue weighted by Crippen LogP contribution is 2.80. The normalized spacial score (nSPS) is 37.0. The number of anilines is 2. The first-order valence-electron chi connectivity index (χ1n) is 20.8. The number of sulfonamides is 2. The molecule has 0 saturated carbocycles. The number of piperazine rings is 2. The van der Waals surface area contributed by atoms with Crippen molar-refractivity contribution in [2.24, 2.45) is 0 Å². The zero-order valence-corrected chi connectivity index (χ0v) is 43.3. The lowest BCUT2D eigenvalue weighted by Gasteiger charge is -2.58. The first-order chi connectivity index (χ1) is 28.6. The molecule has 8 fully saturated rings. The van der Waals surface area contributed by atoms with E-state index in [0.717, 1.165) is 0 Å². The molecular formula is C40H52N6O8S6Si2. The van der Waals surface area contributed by atoms with Crippen LogP contribution < -0.4 is 8.61 Å². The number of hydrogen-bond donors (Lipinski definition) is 0. The highest BCUT2D eigenvalue weighted by molar-refractivity contribution is 8.78. The van der Waals surface area contributed by atoms with Crippen molar-refractivity contribution in [1.29, 1.82) is 0 Å². The Morgan fingerprint density at radius 1 is 0.565 bits per heavy atom. The van der Waals surface area contributed by atoms with E-state index in [-0.39, 0.29) is 36.2 Å². The molecule has 2 spiro atoms. The molecular weight excluding hydrogens is 941 g/mol. The van der Waals surface area contributed by atoms with Crippen LogP contribution in [0.5, 0.6) is 0 Å². The predicted octanol–water partition coefficient (Wildman–Crippen LogP) is 5.51. The van der Waals surface area contributed by atoms with Crippen LogP contribution in [0.2, 0.25) is 51.4 Å². The minimum absolute atomic E-state index is 0.102. The number of benzene rings is 2. The van der Waals surface area contributed by atoms with Gasteiger partial charge in [-0.1, -0.05) is 119 Å². The lowest BCUT2D eigenvalue weighted by molar-refractivity contribution is -0.164. The maximum atomic E-state index is 15.5. The van der Waals surface area contributed by atoms with Gasteiger partial charge in [-0.25, -0.2) is 25.4 Å². The van der Waals surface area contributed by atoms with Crippen LogP contribution in [0.3, 0.4) is 0 Å². The number of amides is 4. The Hall–Kier alpha value is -2.35. The fourth-order valence-electron chi connectivity index (χ4n) is 11.5. The van der Waals surface area contributed by atoms with E-state index in [9.17, 15) is 0 Å². The van der Waals surface area contributed by atoms with Crippen molar-refractivity contribution in [2.45, 2.75) is 121 Å². The van der Waals surface area contributed by atoms with E-state index >= 15 is 36.0 Å². The molecule has 22 heteroatoms. The molecule has 4 bridgehead atoms. The third-order valence-electron chi connectivity index (χ3n) is 15.0.